The lowest BCUT2D eigenvalue weighted by atomic mass is 10.0. The zero-order valence-corrected chi connectivity index (χ0v) is 11.3. The van der Waals surface area contributed by atoms with E-state index < -0.39 is 15.6 Å². The third-order valence-electron chi connectivity index (χ3n) is 2.75. The molecule has 0 bridgehead atoms. The zero-order chi connectivity index (χ0) is 14.0. The Labute approximate surface area is 107 Å². The molecule has 1 unspecified atom stereocenters. The molecule has 1 aromatic carbocycles. The van der Waals surface area contributed by atoms with Crippen molar-refractivity contribution in [3.05, 3.63) is 18.2 Å². The number of rotatable bonds is 5. The molecule has 1 atom stereocenters. The van der Waals surface area contributed by atoms with Crippen LogP contribution < -0.4 is 16.2 Å². The van der Waals surface area contributed by atoms with Gasteiger partial charge in [0.15, 0.2) is 0 Å². The molecule has 6 N–H and O–H groups in total. The Morgan fingerprint density at radius 1 is 1.44 bits per heavy atom. The van der Waals surface area contributed by atoms with Crippen molar-refractivity contribution < 1.29 is 13.5 Å². The molecule has 0 aliphatic heterocycles. The molecule has 0 heterocycles. The fourth-order valence-electron chi connectivity index (χ4n) is 1.34. The number of aliphatic hydroxyl groups is 1. The number of hydrogen-bond donors (Lipinski definition) is 4. The highest BCUT2D eigenvalue weighted by Gasteiger charge is 2.17. The van der Waals surface area contributed by atoms with Gasteiger partial charge < -0.3 is 16.2 Å². The summed E-state index contributed by atoms with van der Waals surface area (Å²) in [5, 5.41) is 17.8. The van der Waals surface area contributed by atoms with Gasteiger partial charge >= 0.3 is 0 Å². The molecule has 1 aromatic rings. The van der Waals surface area contributed by atoms with Crippen molar-refractivity contribution in [3.63, 3.8) is 0 Å². The van der Waals surface area contributed by atoms with Crippen molar-refractivity contribution in [2.45, 2.75) is 30.8 Å². The number of nitrogens with two attached hydrogens (primary N) is 2. The van der Waals surface area contributed by atoms with Gasteiger partial charge in [-0.3, -0.25) is 0 Å². The van der Waals surface area contributed by atoms with E-state index in [0.717, 1.165) is 0 Å². The molecule has 102 valence electrons. The maximum absolute atomic E-state index is 11.2. The molecule has 0 amide bonds. The maximum Gasteiger partial charge on any atom is 0.240 e. The van der Waals surface area contributed by atoms with Gasteiger partial charge in [-0.25, -0.2) is 13.6 Å². The Balaban J connectivity index is 2.86. The van der Waals surface area contributed by atoms with Crippen molar-refractivity contribution in [3.8, 4) is 0 Å². The predicted octanol–water partition coefficient (Wildman–Crippen LogP) is 0.489. The average Bonchev–Trinajstić information content (AvgIpc) is 2.25. The van der Waals surface area contributed by atoms with E-state index in [-0.39, 0.29) is 10.6 Å². The van der Waals surface area contributed by atoms with E-state index in [4.69, 9.17) is 10.9 Å². The van der Waals surface area contributed by atoms with Gasteiger partial charge in [0.1, 0.15) is 4.90 Å². The summed E-state index contributed by atoms with van der Waals surface area (Å²) in [7, 11) is -3.80. The summed E-state index contributed by atoms with van der Waals surface area (Å²) in [4.78, 5) is -0.102. The number of sulfonamides is 1. The Morgan fingerprint density at radius 3 is 2.50 bits per heavy atom. The molecule has 0 aliphatic carbocycles. The smallest absolute Gasteiger partial charge is 0.240 e. The average molecular weight is 273 g/mol. The molecule has 0 fully saturated rings. The number of benzene rings is 1. The number of hydrogen-bond acceptors (Lipinski definition) is 5. The lowest BCUT2D eigenvalue weighted by Crippen LogP contribution is -2.32. The fourth-order valence-corrected chi connectivity index (χ4v) is 1.98. The van der Waals surface area contributed by atoms with E-state index >= 15 is 0 Å². The molecular formula is C11H19N3O3S. The minimum atomic E-state index is -3.80. The van der Waals surface area contributed by atoms with Crippen LogP contribution in [0, 0.1) is 0 Å². The van der Waals surface area contributed by atoms with Crippen LogP contribution in [-0.4, -0.2) is 25.7 Å². The van der Waals surface area contributed by atoms with Gasteiger partial charge in [-0.2, -0.15) is 0 Å². The van der Waals surface area contributed by atoms with Crippen LogP contribution >= 0.6 is 0 Å². The summed E-state index contributed by atoms with van der Waals surface area (Å²) < 4.78 is 22.3. The third-order valence-corrected chi connectivity index (χ3v) is 3.74. The van der Waals surface area contributed by atoms with E-state index in [2.05, 4.69) is 5.32 Å². The normalized spacial score (nSPS) is 15.1. The molecule has 18 heavy (non-hydrogen) atoms. The SMILES string of the molecule is CCC(C)(O)CNc1ccc(S(N)(=O)=O)c(N)c1. The Kier molecular flexibility index (Phi) is 4.20. The summed E-state index contributed by atoms with van der Waals surface area (Å²) in [6, 6.07) is 4.38. The lowest BCUT2D eigenvalue weighted by molar-refractivity contribution is 0.0697. The first-order chi connectivity index (χ1) is 8.15. The highest BCUT2D eigenvalue weighted by atomic mass is 32.2. The highest BCUT2D eigenvalue weighted by molar-refractivity contribution is 7.89. The highest BCUT2D eigenvalue weighted by Crippen LogP contribution is 2.22. The van der Waals surface area contributed by atoms with Crippen LogP contribution in [0.5, 0.6) is 0 Å². The van der Waals surface area contributed by atoms with Crippen LogP contribution in [0.25, 0.3) is 0 Å². The van der Waals surface area contributed by atoms with E-state index in [1.54, 1.807) is 13.0 Å². The summed E-state index contributed by atoms with van der Waals surface area (Å²) in [5.41, 5.74) is 5.51. The van der Waals surface area contributed by atoms with Crippen molar-refractivity contribution in [1.82, 2.24) is 0 Å². The fraction of sp³-hybridized carbons (Fsp3) is 0.455. The second-order valence-electron chi connectivity index (χ2n) is 4.50. The molecule has 6 nitrogen and oxygen atoms in total. The quantitative estimate of drug-likeness (QED) is 0.582. The maximum atomic E-state index is 11.2. The van der Waals surface area contributed by atoms with Gasteiger partial charge in [0.2, 0.25) is 10.0 Å². The van der Waals surface area contributed by atoms with Gasteiger partial charge in [0, 0.05) is 12.2 Å². The first-order valence-electron chi connectivity index (χ1n) is 5.54. The first-order valence-corrected chi connectivity index (χ1v) is 7.09. The van der Waals surface area contributed by atoms with Crippen LogP contribution in [0.4, 0.5) is 11.4 Å². The summed E-state index contributed by atoms with van der Waals surface area (Å²) >= 11 is 0. The molecule has 0 saturated heterocycles. The summed E-state index contributed by atoms with van der Waals surface area (Å²) in [6.45, 7) is 3.93. The zero-order valence-electron chi connectivity index (χ0n) is 10.5. The Morgan fingerprint density at radius 2 is 2.06 bits per heavy atom. The van der Waals surface area contributed by atoms with Gasteiger partial charge in [-0.05, 0) is 31.5 Å². The van der Waals surface area contributed by atoms with E-state index in [0.29, 0.717) is 18.7 Å². The monoisotopic (exact) mass is 273 g/mol. The minimum absolute atomic E-state index is 0.0821. The van der Waals surface area contributed by atoms with Crippen LogP contribution in [0.1, 0.15) is 20.3 Å². The van der Waals surface area contributed by atoms with Gasteiger partial charge in [-0.1, -0.05) is 6.92 Å². The molecule has 0 radical (unpaired) electrons. The predicted molar refractivity (Wildman–Crippen MR) is 71.6 cm³/mol. The first kappa shape index (κ1) is 14.7. The molecule has 7 heteroatoms. The molecule has 0 aromatic heterocycles. The van der Waals surface area contributed by atoms with Crippen molar-refractivity contribution in [2.75, 3.05) is 17.6 Å². The topological polar surface area (TPSA) is 118 Å². The van der Waals surface area contributed by atoms with Crippen LogP contribution in [0.2, 0.25) is 0 Å². The van der Waals surface area contributed by atoms with E-state index in [1.807, 2.05) is 6.92 Å². The standard InChI is InChI=1S/C11H19N3O3S/c1-3-11(2,15)7-14-8-4-5-10(9(12)6-8)18(13,16)17/h4-6,14-15H,3,7,12H2,1-2H3,(H2,13,16,17). The molecule has 1 rings (SSSR count). The number of nitrogen functional groups attached to an aromatic ring is 1. The largest absolute Gasteiger partial charge is 0.398 e. The number of anilines is 2. The number of primary sulfonamides is 1. The Bertz CT molecular complexity index is 526. The van der Waals surface area contributed by atoms with Gasteiger partial charge in [-0.15, -0.1) is 0 Å². The molecule has 0 saturated carbocycles. The molecule has 0 aliphatic rings. The van der Waals surface area contributed by atoms with Gasteiger partial charge in [0.25, 0.3) is 0 Å². The second-order valence-corrected chi connectivity index (χ2v) is 6.03. The number of nitrogens with one attached hydrogen (secondary N) is 1. The van der Waals surface area contributed by atoms with Crippen LogP contribution in [0.15, 0.2) is 23.1 Å². The second kappa shape index (κ2) is 5.13. The van der Waals surface area contributed by atoms with Crippen molar-refractivity contribution >= 4 is 21.4 Å². The third kappa shape index (κ3) is 3.86. The van der Waals surface area contributed by atoms with Crippen LogP contribution in [0.3, 0.4) is 0 Å². The van der Waals surface area contributed by atoms with E-state index in [1.165, 1.54) is 12.1 Å². The lowest BCUT2D eigenvalue weighted by Gasteiger charge is -2.22. The Hall–Kier alpha value is -1.31. The van der Waals surface area contributed by atoms with Crippen LogP contribution in [-0.2, 0) is 10.0 Å². The molecule has 0 spiro atoms. The van der Waals surface area contributed by atoms with E-state index in [9.17, 15) is 13.5 Å². The minimum Gasteiger partial charge on any atom is -0.398 e. The van der Waals surface area contributed by atoms with Crippen molar-refractivity contribution in [1.29, 1.82) is 0 Å². The van der Waals surface area contributed by atoms with Crippen molar-refractivity contribution in [2.24, 2.45) is 5.14 Å². The summed E-state index contributed by atoms with van der Waals surface area (Å²) in [6.07, 6.45) is 0.602. The summed E-state index contributed by atoms with van der Waals surface area (Å²) in [5.74, 6) is 0. The molecular weight excluding hydrogens is 254 g/mol. The van der Waals surface area contributed by atoms with Gasteiger partial charge in [0.05, 0.1) is 11.3 Å².